The number of nitriles is 1. The smallest absolute Gasteiger partial charge is 0.269 e. The van der Waals surface area contributed by atoms with Crippen LogP contribution in [0.25, 0.3) is 0 Å². The zero-order chi connectivity index (χ0) is 26.0. The van der Waals surface area contributed by atoms with Crippen LogP contribution in [0, 0.1) is 25.2 Å². The monoisotopic (exact) mass is 555 g/mol. The average Bonchev–Trinajstić information content (AvgIpc) is 3.16. The predicted molar refractivity (Wildman–Crippen MR) is 148 cm³/mol. The molecule has 1 N–H and O–H groups in total. The number of halogens is 3. The van der Waals surface area contributed by atoms with Gasteiger partial charge in [-0.1, -0.05) is 76.9 Å². The third-order valence-electron chi connectivity index (χ3n) is 5.81. The molecule has 0 spiro atoms. The van der Waals surface area contributed by atoms with Crippen molar-refractivity contribution >= 4 is 69.8 Å². The Bertz CT molecular complexity index is 1450. The van der Waals surface area contributed by atoms with E-state index < -0.39 is 11.2 Å². The van der Waals surface area contributed by atoms with Gasteiger partial charge in [0.05, 0.1) is 26.0 Å². The van der Waals surface area contributed by atoms with Crippen LogP contribution in [0.5, 0.6) is 0 Å². The summed E-state index contributed by atoms with van der Waals surface area (Å²) >= 11 is 19.9. The Morgan fingerprint density at radius 1 is 1.03 bits per heavy atom. The van der Waals surface area contributed by atoms with Crippen LogP contribution >= 0.6 is 46.6 Å². The topological polar surface area (TPSA) is 73.2 Å². The fourth-order valence-electron chi connectivity index (χ4n) is 3.74. The molecule has 36 heavy (non-hydrogen) atoms. The summed E-state index contributed by atoms with van der Waals surface area (Å²) in [4.78, 5) is 28.3. The van der Waals surface area contributed by atoms with E-state index in [1.165, 1.54) is 4.90 Å². The molecule has 0 radical (unpaired) electrons. The van der Waals surface area contributed by atoms with Gasteiger partial charge in [0.1, 0.15) is 16.7 Å². The van der Waals surface area contributed by atoms with Crippen molar-refractivity contribution in [2.45, 2.75) is 25.5 Å². The summed E-state index contributed by atoms with van der Waals surface area (Å²) in [6.07, 6.45) is 0.276. The van der Waals surface area contributed by atoms with Gasteiger partial charge in [-0.3, -0.25) is 14.5 Å². The molecule has 1 aliphatic heterocycles. The van der Waals surface area contributed by atoms with E-state index in [1.54, 1.807) is 48.5 Å². The lowest BCUT2D eigenvalue weighted by atomic mass is 10.1. The quantitative estimate of drug-likeness (QED) is 0.264. The van der Waals surface area contributed by atoms with E-state index >= 15 is 0 Å². The van der Waals surface area contributed by atoms with E-state index in [-0.39, 0.29) is 22.9 Å². The van der Waals surface area contributed by atoms with Crippen molar-refractivity contribution in [3.63, 3.8) is 0 Å². The molecule has 1 atom stereocenters. The number of nitrogens with one attached hydrogen (secondary N) is 1. The van der Waals surface area contributed by atoms with Gasteiger partial charge in [0.2, 0.25) is 5.91 Å². The Kier molecular flexibility index (Phi) is 7.97. The predicted octanol–water partition coefficient (Wildman–Crippen LogP) is 7.33. The Labute approximate surface area is 228 Å². The molecular weight excluding hydrogens is 537 g/mol. The molecule has 0 aliphatic carbocycles. The molecule has 4 rings (SSSR count). The molecule has 5 nitrogen and oxygen atoms in total. The molecule has 0 unspecified atom stereocenters. The Hall–Kier alpha value is -2.95. The summed E-state index contributed by atoms with van der Waals surface area (Å²) in [6.45, 7) is 3.91. The number of carbonyl (C=O) groups excluding carboxylic acids is 2. The molecule has 9 heteroatoms. The van der Waals surface area contributed by atoms with Crippen LogP contribution in [0.1, 0.15) is 16.7 Å². The van der Waals surface area contributed by atoms with Crippen LogP contribution in [-0.4, -0.2) is 17.1 Å². The maximum atomic E-state index is 13.7. The molecule has 2 amide bonds. The summed E-state index contributed by atoms with van der Waals surface area (Å²) in [6, 6.07) is 19.5. The van der Waals surface area contributed by atoms with Crippen molar-refractivity contribution in [3.05, 3.63) is 103 Å². The second kappa shape index (κ2) is 11.0. The van der Waals surface area contributed by atoms with E-state index in [0.29, 0.717) is 32.0 Å². The van der Waals surface area contributed by atoms with E-state index in [2.05, 4.69) is 5.32 Å². The second-order valence-electron chi connectivity index (χ2n) is 8.19. The van der Waals surface area contributed by atoms with Crippen molar-refractivity contribution in [1.82, 2.24) is 0 Å². The van der Waals surface area contributed by atoms with Crippen molar-refractivity contribution < 1.29 is 9.59 Å². The van der Waals surface area contributed by atoms with E-state index in [4.69, 9.17) is 34.8 Å². The maximum absolute atomic E-state index is 13.7. The number of aryl methyl sites for hydroxylation is 2. The molecule has 182 valence electrons. The molecule has 1 aliphatic rings. The largest absolute Gasteiger partial charge is 0.320 e. The molecule has 1 saturated heterocycles. The highest BCUT2D eigenvalue weighted by Crippen LogP contribution is 2.43. The zero-order valence-corrected chi connectivity index (χ0v) is 22.4. The third-order valence-corrected chi connectivity index (χ3v) is 8.26. The highest BCUT2D eigenvalue weighted by molar-refractivity contribution is 8.05. The van der Waals surface area contributed by atoms with Gasteiger partial charge in [0.15, 0.2) is 0 Å². The fourth-order valence-corrected chi connectivity index (χ4v) is 5.62. The summed E-state index contributed by atoms with van der Waals surface area (Å²) in [5.41, 5.74) is 3.49. The number of benzene rings is 3. The molecule has 0 aromatic heterocycles. The standard InChI is InChI=1S/C27H20Cl3N3O2S/c1-15-10-11-18(12-16(15)2)33-26(35)23(13-17-6-5-8-21(29)24(17)30)36-27(33)19(14-31)25(34)32-22-9-4-3-7-20(22)28/h3-12,23H,13H2,1-2H3,(H,32,34)/b27-19-/t23-/m0/s1. The van der Waals surface area contributed by atoms with Crippen molar-refractivity contribution in [2.75, 3.05) is 10.2 Å². The third kappa shape index (κ3) is 5.25. The Morgan fingerprint density at radius 2 is 1.75 bits per heavy atom. The highest BCUT2D eigenvalue weighted by Gasteiger charge is 2.41. The number of hydrogen-bond donors (Lipinski definition) is 1. The van der Waals surface area contributed by atoms with Gasteiger partial charge in [0, 0.05) is 5.69 Å². The number of nitrogens with zero attached hydrogens (tertiary/aromatic N) is 2. The Balaban J connectivity index is 1.78. The van der Waals surface area contributed by atoms with Gasteiger partial charge < -0.3 is 5.32 Å². The van der Waals surface area contributed by atoms with Gasteiger partial charge >= 0.3 is 0 Å². The van der Waals surface area contributed by atoms with Crippen LogP contribution in [0.15, 0.2) is 71.3 Å². The lowest BCUT2D eigenvalue weighted by molar-refractivity contribution is -0.117. The van der Waals surface area contributed by atoms with Crippen molar-refractivity contribution in [2.24, 2.45) is 0 Å². The fraction of sp³-hybridized carbons (Fsp3) is 0.148. The van der Waals surface area contributed by atoms with Crippen LogP contribution in [0.4, 0.5) is 11.4 Å². The summed E-state index contributed by atoms with van der Waals surface area (Å²) in [7, 11) is 0. The first-order valence-corrected chi connectivity index (χ1v) is 12.9. The first-order chi connectivity index (χ1) is 17.2. The van der Waals surface area contributed by atoms with Gasteiger partial charge in [-0.25, -0.2) is 0 Å². The number of carbonyl (C=O) groups is 2. The minimum atomic E-state index is -0.656. The average molecular weight is 557 g/mol. The van der Waals surface area contributed by atoms with Gasteiger partial charge in [0.25, 0.3) is 5.91 Å². The number of amides is 2. The first kappa shape index (κ1) is 26.1. The highest BCUT2D eigenvalue weighted by atomic mass is 35.5. The van der Waals surface area contributed by atoms with Crippen LogP contribution in [-0.2, 0) is 16.0 Å². The van der Waals surface area contributed by atoms with Crippen LogP contribution in [0.3, 0.4) is 0 Å². The summed E-state index contributed by atoms with van der Waals surface area (Å²) in [5.74, 6) is -0.913. The SMILES string of the molecule is Cc1ccc(N2C(=O)[C@H](Cc3cccc(Cl)c3Cl)S/C2=C(/C#N)C(=O)Nc2ccccc2Cl)cc1C. The van der Waals surface area contributed by atoms with Gasteiger partial charge in [-0.15, -0.1) is 0 Å². The van der Waals surface area contributed by atoms with Gasteiger partial charge in [-0.2, -0.15) is 5.26 Å². The lowest BCUT2D eigenvalue weighted by Gasteiger charge is -2.20. The normalized spacial score (nSPS) is 16.6. The van der Waals surface area contributed by atoms with Crippen molar-refractivity contribution in [3.8, 4) is 6.07 Å². The lowest BCUT2D eigenvalue weighted by Crippen LogP contribution is -2.31. The van der Waals surface area contributed by atoms with E-state index in [0.717, 1.165) is 22.9 Å². The molecule has 3 aromatic rings. The van der Waals surface area contributed by atoms with Crippen LogP contribution in [0.2, 0.25) is 15.1 Å². The number of hydrogen-bond acceptors (Lipinski definition) is 4. The van der Waals surface area contributed by atoms with Crippen molar-refractivity contribution in [1.29, 1.82) is 5.26 Å². The molecule has 0 bridgehead atoms. The molecule has 3 aromatic carbocycles. The first-order valence-electron chi connectivity index (χ1n) is 10.9. The summed E-state index contributed by atoms with van der Waals surface area (Å²) in [5, 5.41) is 13.4. The number of anilines is 2. The minimum absolute atomic E-state index is 0.189. The number of rotatable bonds is 5. The van der Waals surface area contributed by atoms with Gasteiger partial charge in [-0.05, 0) is 67.3 Å². The molecular formula is C27H20Cl3N3O2S. The second-order valence-corrected chi connectivity index (χ2v) is 10.6. The zero-order valence-electron chi connectivity index (χ0n) is 19.3. The van der Waals surface area contributed by atoms with Crippen LogP contribution < -0.4 is 10.2 Å². The van der Waals surface area contributed by atoms with E-state index in [9.17, 15) is 14.9 Å². The minimum Gasteiger partial charge on any atom is -0.320 e. The number of thioether (sulfide) groups is 1. The summed E-state index contributed by atoms with van der Waals surface area (Å²) < 4.78 is 0. The number of para-hydroxylation sites is 1. The maximum Gasteiger partial charge on any atom is 0.269 e. The molecule has 1 fully saturated rings. The molecule has 0 saturated carbocycles. The van der Waals surface area contributed by atoms with E-state index in [1.807, 2.05) is 32.0 Å². The molecule has 1 heterocycles. The Morgan fingerprint density at radius 3 is 2.44 bits per heavy atom.